The number of nitrogens with two attached hydrogens (primary N) is 1. The van der Waals surface area contributed by atoms with Crippen LogP contribution in [0.25, 0.3) is 10.9 Å². The van der Waals surface area contributed by atoms with Gasteiger partial charge in [0.1, 0.15) is 11.6 Å². The topological polar surface area (TPSA) is 67.4 Å². The molecule has 3 fully saturated rings. The lowest BCUT2D eigenvalue weighted by Gasteiger charge is -2.45. The summed E-state index contributed by atoms with van der Waals surface area (Å²) in [6.45, 7) is 2.75. The standard InChI is InChI=1S/C22H28FN5/c1-14-2-9-19-18(10-14)21(28-12-22(23,11-24)13-28)27-20(26-19)15-3-5-16(6-4-15)25-17-7-8-17/h2,9-10,15,17H,3-8,11-13,24H2,1H3. The number of benzene rings is 1. The van der Waals surface area contributed by atoms with Crippen molar-refractivity contribution in [1.82, 2.24) is 9.97 Å². The van der Waals surface area contributed by atoms with Crippen LogP contribution in [0.5, 0.6) is 0 Å². The van der Waals surface area contributed by atoms with Gasteiger partial charge in [0.25, 0.3) is 0 Å². The van der Waals surface area contributed by atoms with Crippen molar-refractivity contribution in [2.45, 2.75) is 63.1 Å². The molecule has 5 rings (SSSR count). The highest BCUT2D eigenvalue weighted by Crippen LogP contribution is 2.37. The normalized spacial score (nSPS) is 24.3. The van der Waals surface area contributed by atoms with Crippen LogP contribution < -0.4 is 10.6 Å². The second-order valence-corrected chi connectivity index (χ2v) is 8.84. The molecule has 28 heavy (non-hydrogen) atoms. The van der Waals surface area contributed by atoms with Crippen molar-refractivity contribution in [3.05, 3.63) is 29.6 Å². The number of nitrogens with zero attached hydrogens (tertiary/aromatic N) is 4. The summed E-state index contributed by atoms with van der Waals surface area (Å²) in [5.74, 6) is 2.12. The van der Waals surface area contributed by atoms with Crippen molar-refractivity contribution in [3.63, 3.8) is 0 Å². The van der Waals surface area contributed by atoms with Crippen LogP contribution in [0.2, 0.25) is 0 Å². The van der Waals surface area contributed by atoms with Gasteiger partial charge in [0.15, 0.2) is 5.67 Å². The van der Waals surface area contributed by atoms with Crippen molar-refractivity contribution in [3.8, 4) is 0 Å². The van der Waals surface area contributed by atoms with E-state index in [4.69, 9.17) is 20.7 Å². The molecule has 1 saturated heterocycles. The van der Waals surface area contributed by atoms with Gasteiger partial charge in [-0.2, -0.15) is 0 Å². The fourth-order valence-electron chi connectivity index (χ4n) is 4.38. The highest BCUT2D eigenvalue weighted by Gasteiger charge is 2.43. The minimum Gasteiger partial charge on any atom is -0.349 e. The van der Waals surface area contributed by atoms with Crippen molar-refractivity contribution in [1.29, 1.82) is 0 Å². The van der Waals surface area contributed by atoms with Crippen LogP contribution in [-0.4, -0.2) is 47.0 Å². The first-order valence-electron chi connectivity index (χ1n) is 10.5. The number of aliphatic imine (C=N–C) groups is 1. The Labute approximate surface area is 165 Å². The molecular weight excluding hydrogens is 353 g/mol. The summed E-state index contributed by atoms with van der Waals surface area (Å²) in [6, 6.07) is 6.86. The van der Waals surface area contributed by atoms with E-state index in [1.807, 2.05) is 4.90 Å². The molecule has 0 spiro atoms. The number of anilines is 1. The van der Waals surface area contributed by atoms with E-state index in [0.717, 1.165) is 53.8 Å². The third-order valence-corrected chi connectivity index (χ3v) is 6.30. The van der Waals surface area contributed by atoms with Crippen LogP contribution >= 0.6 is 0 Å². The van der Waals surface area contributed by atoms with Crippen LogP contribution in [-0.2, 0) is 0 Å². The molecule has 0 radical (unpaired) electrons. The Kier molecular flexibility index (Phi) is 4.34. The van der Waals surface area contributed by atoms with Crippen LogP contribution in [0, 0.1) is 6.92 Å². The lowest BCUT2D eigenvalue weighted by molar-refractivity contribution is 0.130. The number of fused-ring (bicyclic) bond motifs is 1. The monoisotopic (exact) mass is 381 g/mol. The molecule has 0 bridgehead atoms. The molecule has 5 nitrogen and oxygen atoms in total. The van der Waals surface area contributed by atoms with E-state index in [1.165, 1.54) is 18.6 Å². The van der Waals surface area contributed by atoms with Gasteiger partial charge in [-0.1, -0.05) is 11.6 Å². The molecule has 3 aliphatic rings. The van der Waals surface area contributed by atoms with Crippen LogP contribution in [0.15, 0.2) is 23.2 Å². The number of hydrogen-bond donors (Lipinski definition) is 1. The minimum absolute atomic E-state index is 0.0597. The predicted molar refractivity (Wildman–Crippen MR) is 111 cm³/mol. The van der Waals surface area contributed by atoms with Gasteiger partial charge in [0.05, 0.1) is 24.6 Å². The van der Waals surface area contributed by atoms with Gasteiger partial charge in [0, 0.05) is 23.6 Å². The number of aromatic nitrogens is 2. The number of rotatable bonds is 4. The summed E-state index contributed by atoms with van der Waals surface area (Å²) >= 11 is 0. The van der Waals surface area contributed by atoms with E-state index in [-0.39, 0.29) is 6.54 Å². The average molecular weight is 381 g/mol. The largest absolute Gasteiger partial charge is 0.349 e. The summed E-state index contributed by atoms with van der Waals surface area (Å²) in [7, 11) is 0. The Hall–Kier alpha value is -2.08. The first-order valence-corrected chi connectivity index (χ1v) is 10.5. The first-order chi connectivity index (χ1) is 13.5. The predicted octanol–water partition coefficient (Wildman–Crippen LogP) is 3.69. The zero-order chi connectivity index (χ0) is 19.3. The Morgan fingerprint density at radius 1 is 1.18 bits per heavy atom. The molecule has 2 heterocycles. The van der Waals surface area contributed by atoms with Crippen LogP contribution in [0.3, 0.4) is 0 Å². The molecule has 2 aliphatic carbocycles. The molecule has 2 aromatic rings. The Balaban J connectivity index is 1.44. The fraction of sp³-hybridized carbons (Fsp3) is 0.591. The summed E-state index contributed by atoms with van der Waals surface area (Å²) in [6.07, 6.45) is 6.74. The average Bonchev–Trinajstić information content (AvgIpc) is 3.49. The van der Waals surface area contributed by atoms with Crippen molar-refractivity contribution >= 4 is 22.4 Å². The molecule has 2 N–H and O–H groups in total. The third-order valence-electron chi connectivity index (χ3n) is 6.30. The second kappa shape index (κ2) is 6.76. The molecule has 0 atom stereocenters. The summed E-state index contributed by atoms with van der Waals surface area (Å²) in [4.78, 5) is 16.7. The van der Waals surface area contributed by atoms with Crippen molar-refractivity contribution in [2.24, 2.45) is 10.7 Å². The van der Waals surface area contributed by atoms with Gasteiger partial charge in [-0.25, -0.2) is 14.4 Å². The summed E-state index contributed by atoms with van der Waals surface area (Å²) < 4.78 is 14.4. The maximum atomic E-state index is 14.4. The number of aryl methyl sites for hydroxylation is 1. The maximum absolute atomic E-state index is 14.4. The highest BCUT2D eigenvalue weighted by atomic mass is 19.1. The quantitative estimate of drug-likeness (QED) is 0.877. The lowest BCUT2D eigenvalue weighted by atomic mass is 9.87. The zero-order valence-corrected chi connectivity index (χ0v) is 16.5. The molecule has 0 amide bonds. The minimum atomic E-state index is -1.29. The van der Waals surface area contributed by atoms with Crippen molar-refractivity contribution in [2.75, 3.05) is 24.5 Å². The van der Waals surface area contributed by atoms with Crippen molar-refractivity contribution < 1.29 is 4.39 Å². The summed E-state index contributed by atoms with van der Waals surface area (Å²) in [5, 5.41) is 1.01. The molecule has 1 aromatic heterocycles. The highest BCUT2D eigenvalue weighted by molar-refractivity contribution is 5.91. The van der Waals surface area contributed by atoms with E-state index in [1.54, 1.807) is 0 Å². The van der Waals surface area contributed by atoms with E-state index < -0.39 is 5.67 Å². The molecule has 2 saturated carbocycles. The third kappa shape index (κ3) is 3.39. The number of alkyl halides is 1. The van der Waals surface area contributed by atoms with Gasteiger partial charge < -0.3 is 10.6 Å². The van der Waals surface area contributed by atoms with Crippen LogP contribution in [0.4, 0.5) is 10.2 Å². The number of hydrogen-bond acceptors (Lipinski definition) is 5. The Morgan fingerprint density at radius 3 is 2.61 bits per heavy atom. The van der Waals surface area contributed by atoms with Crippen LogP contribution in [0.1, 0.15) is 55.8 Å². The van der Waals surface area contributed by atoms with E-state index in [2.05, 4.69) is 25.1 Å². The van der Waals surface area contributed by atoms with E-state index >= 15 is 0 Å². The molecule has 6 heteroatoms. The molecule has 1 aliphatic heterocycles. The molecule has 148 valence electrons. The van der Waals surface area contributed by atoms with Gasteiger partial charge in [-0.3, -0.25) is 4.99 Å². The smallest absolute Gasteiger partial charge is 0.157 e. The zero-order valence-electron chi connectivity index (χ0n) is 16.5. The Morgan fingerprint density at radius 2 is 1.93 bits per heavy atom. The fourth-order valence-corrected chi connectivity index (χ4v) is 4.38. The summed E-state index contributed by atoms with van der Waals surface area (Å²) in [5.41, 5.74) is 7.80. The van der Waals surface area contributed by atoms with Gasteiger partial charge in [-0.05, 0) is 57.6 Å². The van der Waals surface area contributed by atoms with Gasteiger partial charge in [0.2, 0.25) is 0 Å². The van der Waals surface area contributed by atoms with E-state index in [0.29, 0.717) is 25.0 Å². The molecule has 1 aromatic carbocycles. The second-order valence-electron chi connectivity index (χ2n) is 8.84. The van der Waals surface area contributed by atoms with Gasteiger partial charge >= 0.3 is 0 Å². The van der Waals surface area contributed by atoms with Gasteiger partial charge in [-0.15, -0.1) is 0 Å². The molecule has 0 unspecified atom stereocenters. The Bertz CT molecular complexity index is 920. The number of halogens is 1. The lowest BCUT2D eigenvalue weighted by Crippen LogP contribution is -2.63. The van der Waals surface area contributed by atoms with E-state index in [9.17, 15) is 4.39 Å². The molecular formula is C22H28FN5. The first kappa shape index (κ1) is 18.0. The SMILES string of the molecule is Cc1ccc2nc(C3CCC(=NC4CC4)CC3)nc(N3CC(F)(CN)C3)c2c1. The maximum Gasteiger partial charge on any atom is 0.157 e.